The van der Waals surface area contributed by atoms with Gasteiger partial charge in [0.05, 0.1) is 19.0 Å². The number of nitrogens with one attached hydrogen (secondary N) is 2. The summed E-state index contributed by atoms with van der Waals surface area (Å²) in [4.78, 5) is 5.94. The van der Waals surface area contributed by atoms with Gasteiger partial charge in [-0.15, -0.1) is 0 Å². The van der Waals surface area contributed by atoms with Gasteiger partial charge in [0, 0.05) is 29.6 Å². The average Bonchev–Trinajstić information content (AvgIpc) is 2.81. The molecule has 2 aromatic carbocycles. The van der Waals surface area contributed by atoms with Gasteiger partial charge in [0.1, 0.15) is 10.7 Å². The van der Waals surface area contributed by atoms with Gasteiger partial charge in [0.2, 0.25) is 5.95 Å². The molecule has 3 aromatic rings. The van der Waals surface area contributed by atoms with E-state index >= 15 is 0 Å². The summed E-state index contributed by atoms with van der Waals surface area (Å²) in [7, 11) is -4.57. The molecule has 1 saturated heterocycles. The summed E-state index contributed by atoms with van der Waals surface area (Å²) in [5.41, 5.74) is 1.07. The van der Waals surface area contributed by atoms with Crippen molar-refractivity contribution in [3.05, 3.63) is 76.8 Å². The van der Waals surface area contributed by atoms with Crippen LogP contribution in [0, 0.1) is 23.4 Å². The Hall–Kier alpha value is -2.89. The molecule has 1 aromatic heterocycles. The van der Waals surface area contributed by atoms with Gasteiger partial charge in [-0.3, -0.25) is 0 Å². The fourth-order valence-corrected chi connectivity index (χ4v) is 4.97. The van der Waals surface area contributed by atoms with Gasteiger partial charge in [0.25, 0.3) is 10.0 Å². The molecule has 2 N–H and O–H groups in total. The van der Waals surface area contributed by atoms with Gasteiger partial charge < -0.3 is 10.1 Å². The number of hydrogen-bond acceptors (Lipinski definition) is 6. The topological polar surface area (TPSA) is 93.2 Å². The lowest BCUT2D eigenvalue weighted by Crippen LogP contribution is -2.38. The molecule has 1 aliphatic heterocycles. The lowest BCUT2D eigenvalue weighted by molar-refractivity contribution is 0.190. The first-order valence-electron chi connectivity index (χ1n) is 10.3. The van der Waals surface area contributed by atoms with Crippen LogP contribution < -0.4 is 14.8 Å². The first-order chi connectivity index (χ1) is 16.2. The highest BCUT2D eigenvalue weighted by atomic mass is 35.5. The number of sulfonamides is 1. The van der Waals surface area contributed by atoms with E-state index in [1.165, 1.54) is 0 Å². The van der Waals surface area contributed by atoms with Crippen LogP contribution in [0.5, 0.6) is 5.75 Å². The number of rotatable bonds is 7. The zero-order valence-corrected chi connectivity index (χ0v) is 19.2. The second-order valence-corrected chi connectivity index (χ2v) is 9.85. The van der Waals surface area contributed by atoms with Crippen molar-refractivity contribution in [3.8, 4) is 5.75 Å². The van der Waals surface area contributed by atoms with Gasteiger partial charge >= 0.3 is 0 Å². The summed E-state index contributed by atoms with van der Waals surface area (Å²) in [6, 6.07) is 8.67. The zero-order chi connectivity index (χ0) is 24.3. The summed E-state index contributed by atoms with van der Waals surface area (Å²) in [6.07, 6.45) is 2.30. The van der Waals surface area contributed by atoms with E-state index in [9.17, 15) is 21.6 Å². The molecule has 0 spiro atoms. The first kappa shape index (κ1) is 24.2. The molecule has 0 amide bonds. The van der Waals surface area contributed by atoms with E-state index in [1.807, 2.05) is 16.9 Å². The van der Waals surface area contributed by atoms with Crippen molar-refractivity contribution in [1.29, 1.82) is 0 Å². The van der Waals surface area contributed by atoms with Crippen LogP contribution in [0.4, 0.5) is 19.1 Å². The zero-order valence-electron chi connectivity index (χ0n) is 17.6. The number of ether oxygens (including phenoxy) is 1. The van der Waals surface area contributed by atoms with Crippen LogP contribution in [-0.4, -0.2) is 38.1 Å². The van der Waals surface area contributed by atoms with Gasteiger partial charge in [0.15, 0.2) is 17.4 Å². The maximum absolute atomic E-state index is 14.7. The van der Waals surface area contributed by atoms with Crippen molar-refractivity contribution in [2.24, 2.45) is 5.92 Å². The Morgan fingerprint density at radius 1 is 1.09 bits per heavy atom. The number of benzene rings is 2. The van der Waals surface area contributed by atoms with E-state index in [2.05, 4.69) is 15.3 Å². The quantitative estimate of drug-likeness (QED) is 0.495. The molecule has 0 saturated carbocycles. The Labute approximate surface area is 199 Å². The molecule has 0 aliphatic carbocycles. The van der Waals surface area contributed by atoms with Crippen LogP contribution in [0.3, 0.4) is 0 Å². The SMILES string of the molecule is O=S(=O)(Nc1ncc(F)cn1)c1cc(F)c(OC[C@@H]2CNCCC2c2ccc(Cl)cc2)cc1F. The molecule has 4 rings (SSSR count). The molecule has 34 heavy (non-hydrogen) atoms. The van der Waals surface area contributed by atoms with Crippen molar-refractivity contribution in [2.45, 2.75) is 17.2 Å². The largest absolute Gasteiger partial charge is 0.490 e. The standard InChI is InChI=1S/C22H20ClF3N4O3S/c23-15-3-1-13(2-4-15)17-5-6-27-9-14(17)12-33-20-7-19(26)21(8-18(20)25)34(31,32)30-22-28-10-16(24)11-29-22/h1-4,7-8,10-11,14,17,27H,5-6,9,12H2,(H,28,29,30)/t14-,17?/m0/s1. The van der Waals surface area contributed by atoms with E-state index in [1.54, 1.807) is 12.1 Å². The molecule has 12 heteroatoms. The number of nitrogens with zero attached hydrogens (tertiary/aromatic N) is 2. The molecule has 7 nitrogen and oxygen atoms in total. The van der Waals surface area contributed by atoms with Crippen LogP contribution in [-0.2, 0) is 10.0 Å². The Balaban J connectivity index is 1.49. The smallest absolute Gasteiger partial charge is 0.267 e. The summed E-state index contributed by atoms with van der Waals surface area (Å²) < 4.78 is 74.6. The summed E-state index contributed by atoms with van der Waals surface area (Å²) in [6.45, 7) is 1.51. The van der Waals surface area contributed by atoms with Crippen molar-refractivity contribution in [3.63, 3.8) is 0 Å². The molecule has 1 aliphatic rings. The summed E-state index contributed by atoms with van der Waals surface area (Å²) >= 11 is 5.97. The van der Waals surface area contributed by atoms with Crippen molar-refractivity contribution < 1.29 is 26.3 Å². The van der Waals surface area contributed by atoms with E-state index < -0.39 is 44.1 Å². The highest BCUT2D eigenvalue weighted by Crippen LogP contribution is 2.33. The van der Waals surface area contributed by atoms with Gasteiger partial charge in [-0.25, -0.2) is 36.3 Å². The monoisotopic (exact) mass is 512 g/mol. The Bertz CT molecular complexity index is 1260. The van der Waals surface area contributed by atoms with Gasteiger partial charge in [-0.1, -0.05) is 23.7 Å². The van der Waals surface area contributed by atoms with Crippen LogP contribution >= 0.6 is 11.6 Å². The first-order valence-corrected chi connectivity index (χ1v) is 12.2. The van der Waals surface area contributed by atoms with Crippen LogP contribution in [0.25, 0.3) is 0 Å². The minimum atomic E-state index is -4.57. The minimum Gasteiger partial charge on any atom is -0.490 e. The molecule has 0 radical (unpaired) electrons. The number of aromatic nitrogens is 2. The second-order valence-electron chi connectivity index (χ2n) is 7.77. The minimum absolute atomic E-state index is 0.0295. The van der Waals surface area contributed by atoms with Crippen molar-refractivity contribution in [2.75, 3.05) is 24.4 Å². The fraction of sp³-hybridized carbons (Fsp3) is 0.273. The maximum atomic E-state index is 14.7. The summed E-state index contributed by atoms with van der Waals surface area (Å²) in [5.74, 6) is -3.85. The normalized spacial score (nSPS) is 18.5. The number of piperidine rings is 1. The Kier molecular flexibility index (Phi) is 7.24. The molecule has 0 bridgehead atoms. The number of anilines is 1. The van der Waals surface area contributed by atoms with Crippen molar-refractivity contribution >= 4 is 27.6 Å². The van der Waals surface area contributed by atoms with E-state index in [0.717, 1.165) is 30.9 Å². The number of halogens is 4. The predicted molar refractivity (Wildman–Crippen MR) is 120 cm³/mol. The lowest BCUT2D eigenvalue weighted by Gasteiger charge is -2.32. The molecule has 180 valence electrons. The highest BCUT2D eigenvalue weighted by Gasteiger charge is 2.28. The second kappa shape index (κ2) is 10.2. The van der Waals surface area contributed by atoms with E-state index in [0.29, 0.717) is 23.7 Å². The van der Waals surface area contributed by atoms with Crippen LogP contribution in [0.1, 0.15) is 17.9 Å². The molecule has 2 atom stereocenters. The lowest BCUT2D eigenvalue weighted by atomic mass is 9.81. The molecular weight excluding hydrogens is 493 g/mol. The summed E-state index contributed by atoms with van der Waals surface area (Å²) in [5, 5.41) is 3.89. The average molecular weight is 513 g/mol. The molecule has 1 fully saturated rings. The molecule has 2 heterocycles. The Morgan fingerprint density at radius 2 is 1.79 bits per heavy atom. The third-order valence-corrected chi connectivity index (χ3v) is 7.08. The molecular formula is C22H20ClF3N4O3S. The van der Waals surface area contributed by atoms with Gasteiger partial charge in [-0.2, -0.15) is 0 Å². The third-order valence-electron chi connectivity index (χ3n) is 5.48. The fourth-order valence-electron chi connectivity index (χ4n) is 3.81. The van der Waals surface area contributed by atoms with E-state index in [4.69, 9.17) is 16.3 Å². The van der Waals surface area contributed by atoms with E-state index in [-0.39, 0.29) is 18.4 Å². The van der Waals surface area contributed by atoms with Gasteiger partial charge in [-0.05, 0) is 36.6 Å². The third kappa shape index (κ3) is 5.60. The predicted octanol–water partition coefficient (Wildman–Crippen LogP) is 4.12. The highest BCUT2D eigenvalue weighted by molar-refractivity contribution is 7.92. The number of hydrogen-bond donors (Lipinski definition) is 2. The van der Waals surface area contributed by atoms with Crippen LogP contribution in [0.2, 0.25) is 5.02 Å². The van der Waals surface area contributed by atoms with Crippen LogP contribution in [0.15, 0.2) is 53.7 Å². The molecule has 1 unspecified atom stereocenters. The maximum Gasteiger partial charge on any atom is 0.267 e. The Morgan fingerprint density at radius 3 is 2.50 bits per heavy atom. The van der Waals surface area contributed by atoms with Crippen molar-refractivity contribution in [1.82, 2.24) is 15.3 Å².